The van der Waals surface area contributed by atoms with Crippen molar-refractivity contribution in [3.8, 4) is 5.75 Å². The monoisotopic (exact) mass is 276 g/mol. The first-order valence-electron chi connectivity index (χ1n) is 6.69. The SMILES string of the molecule is CC=C(N)NC(=O)Cc1cc(C)c(O)c(C(C)(C)C)c1. The molecule has 1 amide bonds. The molecule has 0 bridgehead atoms. The topological polar surface area (TPSA) is 75.3 Å². The van der Waals surface area contributed by atoms with Crippen molar-refractivity contribution in [2.24, 2.45) is 5.73 Å². The van der Waals surface area contributed by atoms with Crippen molar-refractivity contribution in [2.45, 2.75) is 46.5 Å². The van der Waals surface area contributed by atoms with E-state index in [4.69, 9.17) is 5.73 Å². The van der Waals surface area contributed by atoms with Gasteiger partial charge in [0.05, 0.1) is 12.2 Å². The number of allylic oxidation sites excluding steroid dienone is 1. The summed E-state index contributed by atoms with van der Waals surface area (Å²) in [5.41, 5.74) is 7.88. The maximum Gasteiger partial charge on any atom is 0.229 e. The third kappa shape index (κ3) is 4.02. The van der Waals surface area contributed by atoms with Gasteiger partial charge in [-0.25, -0.2) is 0 Å². The fourth-order valence-corrected chi connectivity index (χ4v) is 1.99. The number of phenols is 1. The maximum absolute atomic E-state index is 11.8. The van der Waals surface area contributed by atoms with Gasteiger partial charge in [-0.3, -0.25) is 4.79 Å². The molecule has 1 rings (SSSR count). The van der Waals surface area contributed by atoms with E-state index in [-0.39, 0.29) is 17.7 Å². The van der Waals surface area contributed by atoms with E-state index in [2.05, 4.69) is 5.32 Å². The van der Waals surface area contributed by atoms with Gasteiger partial charge in [0.15, 0.2) is 0 Å². The Morgan fingerprint density at radius 3 is 2.50 bits per heavy atom. The first-order valence-corrected chi connectivity index (χ1v) is 6.69. The summed E-state index contributed by atoms with van der Waals surface area (Å²) in [4.78, 5) is 11.8. The van der Waals surface area contributed by atoms with Crippen LogP contribution in [0.2, 0.25) is 0 Å². The molecule has 0 unspecified atom stereocenters. The lowest BCUT2D eigenvalue weighted by atomic mass is 9.84. The highest BCUT2D eigenvalue weighted by Crippen LogP contribution is 2.34. The van der Waals surface area contributed by atoms with Crippen molar-refractivity contribution in [3.63, 3.8) is 0 Å². The second-order valence-electron chi connectivity index (χ2n) is 6.03. The van der Waals surface area contributed by atoms with E-state index < -0.39 is 0 Å². The number of aryl methyl sites for hydroxylation is 1. The van der Waals surface area contributed by atoms with Crippen LogP contribution in [0.3, 0.4) is 0 Å². The van der Waals surface area contributed by atoms with E-state index in [1.165, 1.54) is 0 Å². The average molecular weight is 276 g/mol. The number of nitrogens with two attached hydrogens (primary N) is 1. The first-order chi connectivity index (χ1) is 9.15. The van der Waals surface area contributed by atoms with Crippen LogP contribution < -0.4 is 11.1 Å². The second-order valence-corrected chi connectivity index (χ2v) is 6.03. The molecule has 4 N–H and O–H groups in total. The first kappa shape index (κ1) is 16.1. The number of phenolic OH excluding ortho intramolecular Hbond substituents is 1. The number of aromatic hydroxyl groups is 1. The lowest BCUT2D eigenvalue weighted by molar-refractivity contribution is -0.119. The fourth-order valence-electron chi connectivity index (χ4n) is 1.99. The second kappa shape index (κ2) is 5.99. The highest BCUT2D eigenvalue weighted by molar-refractivity contribution is 5.80. The van der Waals surface area contributed by atoms with Gasteiger partial charge in [0.2, 0.25) is 5.91 Å². The number of hydrogen-bond acceptors (Lipinski definition) is 3. The van der Waals surface area contributed by atoms with Crippen molar-refractivity contribution >= 4 is 5.91 Å². The molecular formula is C16H24N2O2. The normalized spacial score (nSPS) is 12.3. The van der Waals surface area contributed by atoms with Crippen LogP contribution in [-0.2, 0) is 16.6 Å². The molecule has 0 aromatic heterocycles. The van der Waals surface area contributed by atoms with Crippen molar-refractivity contribution in [1.29, 1.82) is 0 Å². The van der Waals surface area contributed by atoms with Gasteiger partial charge in [-0.05, 0) is 42.0 Å². The Hall–Kier alpha value is -1.97. The predicted octanol–water partition coefficient (Wildman–Crippen LogP) is 2.48. The van der Waals surface area contributed by atoms with Gasteiger partial charge in [0, 0.05) is 0 Å². The Bertz CT molecular complexity index is 540. The molecule has 1 aromatic rings. The largest absolute Gasteiger partial charge is 0.507 e. The van der Waals surface area contributed by atoms with Crippen LogP contribution >= 0.6 is 0 Å². The molecule has 0 atom stereocenters. The molecule has 0 aliphatic carbocycles. The molecule has 0 saturated carbocycles. The van der Waals surface area contributed by atoms with Gasteiger partial charge in [0.25, 0.3) is 0 Å². The van der Waals surface area contributed by atoms with Crippen LogP contribution in [0.15, 0.2) is 24.0 Å². The maximum atomic E-state index is 11.8. The number of nitrogens with one attached hydrogen (secondary N) is 1. The van der Waals surface area contributed by atoms with Gasteiger partial charge in [-0.15, -0.1) is 0 Å². The van der Waals surface area contributed by atoms with Crippen LogP contribution in [0, 0.1) is 6.92 Å². The zero-order valence-corrected chi connectivity index (χ0v) is 12.9. The minimum Gasteiger partial charge on any atom is -0.507 e. The smallest absolute Gasteiger partial charge is 0.229 e. The molecule has 0 heterocycles. The van der Waals surface area contributed by atoms with Crippen LogP contribution in [0.1, 0.15) is 44.4 Å². The Kier molecular flexibility index (Phi) is 4.82. The molecule has 0 spiro atoms. The molecule has 0 radical (unpaired) electrons. The van der Waals surface area contributed by atoms with Crippen LogP contribution in [0.5, 0.6) is 5.75 Å². The van der Waals surface area contributed by atoms with Crippen molar-refractivity contribution < 1.29 is 9.90 Å². The van der Waals surface area contributed by atoms with Crippen molar-refractivity contribution in [3.05, 3.63) is 40.7 Å². The third-order valence-corrected chi connectivity index (χ3v) is 3.13. The zero-order valence-electron chi connectivity index (χ0n) is 12.9. The molecular weight excluding hydrogens is 252 g/mol. The van der Waals surface area contributed by atoms with E-state index in [1.807, 2.05) is 39.8 Å². The van der Waals surface area contributed by atoms with Crippen molar-refractivity contribution in [1.82, 2.24) is 5.32 Å². The molecule has 4 nitrogen and oxygen atoms in total. The molecule has 4 heteroatoms. The fraction of sp³-hybridized carbons (Fsp3) is 0.438. The number of carbonyl (C=O) groups is 1. The van der Waals surface area contributed by atoms with Gasteiger partial charge in [-0.1, -0.05) is 32.9 Å². The number of amides is 1. The summed E-state index contributed by atoms with van der Waals surface area (Å²) in [7, 11) is 0. The van der Waals surface area contributed by atoms with Crippen LogP contribution in [0.25, 0.3) is 0 Å². The van der Waals surface area contributed by atoms with E-state index in [0.717, 1.165) is 16.7 Å². The Labute approximate surface area is 120 Å². The predicted molar refractivity (Wildman–Crippen MR) is 81.3 cm³/mol. The van der Waals surface area contributed by atoms with E-state index in [9.17, 15) is 9.90 Å². The Balaban J connectivity index is 3.04. The number of hydrogen-bond donors (Lipinski definition) is 3. The highest BCUT2D eigenvalue weighted by atomic mass is 16.3. The molecule has 0 fully saturated rings. The standard InChI is InChI=1S/C16H24N2O2/c1-6-13(17)18-14(19)9-11-7-10(2)15(20)12(8-11)16(3,4)5/h6-8,20H,9,17H2,1-5H3,(H,18,19). The average Bonchev–Trinajstić information content (AvgIpc) is 2.31. The minimum atomic E-state index is -0.177. The minimum absolute atomic E-state index is 0.162. The van der Waals surface area contributed by atoms with Crippen LogP contribution in [0.4, 0.5) is 0 Å². The summed E-state index contributed by atoms with van der Waals surface area (Å²) < 4.78 is 0. The molecule has 20 heavy (non-hydrogen) atoms. The number of carbonyl (C=O) groups excluding carboxylic acids is 1. The number of benzene rings is 1. The molecule has 0 aliphatic heterocycles. The third-order valence-electron chi connectivity index (χ3n) is 3.13. The Morgan fingerprint density at radius 2 is 2.00 bits per heavy atom. The summed E-state index contributed by atoms with van der Waals surface area (Å²) >= 11 is 0. The van der Waals surface area contributed by atoms with Crippen molar-refractivity contribution in [2.75, 3.05) is 0 Å². The lowest BCUT2D eigenvalue weighted by Gasteiger charge is -2.22. The van der Waals surface area contributed by atoms with Gasteiger partial charge in [-0.2, -0.15) is 0 Å². The van der Waals surface area contributed by atoms with E-state index >= 15 is 0 Å². The number of rotatable bonds is 3. The molecule has 0 saturated heterocycles. The Morgan fingerprint density at radius 1 is 1.40 bits per heavy atom. The van der Waals surface area contributed by atoms with Gasteiger partial charge in [0.1, 0.15) is 5.75 Å². The quantitative estimate of drug-likeness (QED) is 0.794. The summed E-state index contributed by atoms with van der Waals surface area (Å²) in [6.45, 7) is 9.69. The highest BCUT2D eigenvalue weighted by Gasteiger charge is 2.20. The summed E-state index contributed by atoms with van der Waals surface area (Å²) in [5.74, 6) is 0.488. The van der Waals surface area contributed by atoms with E-state index in [0.29, 0.717) is 11.6 Å². The lowest BCUT2D eigenvalue weighted by Crippen LogP contribution is -2.28. The summed E-state index contributed by atoms with van der Waals surface area (Å²) in [6.07, 6.45) is 1.87. The molecule has 110 valence electrons. The van der Waals surface area contributed by atoms with Crippen LogP contribution in [-0.4, -0.2) is 11.0 Å². The van der Waals surface area contributed by atoms with E-state index in [1.54, 1.807) is 13.0 Å². The van der Waals surface area contributed by atoms with Gasteiger partial charge >= 0.3 is 0 Å². The molecule has 1 aromatic carbocycles. The zero-order chi connectivity index (χ0) is 15.5. The summed E-state index contributed by atoms with van der Waals surface area (Å²) in [5, 5.41) is 12.8. The van der Waals surface area contributed by atoms with Gasteiger partial charge < -0.3 is 16.2 Å². The summed E-state index contributed by atoms with van der Waals surface area (Å²) in [6, 6.07) is 3.71. The molecule has 0 aliphatic rings.